The lowest BCUT2D eigenvalue weighted by Gasteiger charge is -2.18. The number of hydrogen-bond acceptors (Lipinski definition) is 7. The Hall–Kier alpha value is -2.85. The van der Waals surface area contributed by atoms with Crippen LogP contribution >= 0.6 is 0 Å². The molecule has 0 aliphatic rings. The highest BCUT2D eigenvalue weighted by Crippen LogP contribution is 2.27. The highest BCUT2D eigenvalue weighted by Gasteiger charge is 2.37. The predicted molar refractivity (Wildman–Crippen MR) is 99.0 cm³/mol. The summed E-state index contributed by atoms with van der Waals surface area (Å²) in [4.78, 5) is 24.5. The van der Waals surface area contributed by atoms with Gasteiger partial charge in [0.05, 0.1) is 5.52 Å². The number of ketones is 2. The molecule has 0 aliphatic heterocycles. The fourth-order valence-electron chi connectivity index (χ4n) is 2.98. The number of nitrogens with zero attached hydrogens (tertiary/aromatic N) is 1. The Morgan fingerprint density at radius 1 is 1.10 bits per heavy atom. The molecule has 1 heterocycles. The third-order valence-electron chi connectivity index (χ3n) is 4.41. The first-order chi connectivity index (χ1) is 14.4. The zero-order valence-corrected chi connectivity index (χ0v) is 17.6. The van der Waals surface area contributed by atoms with Crippen molar-refractivity contribution in [1.82, 2.24) is 4.57 Å². The Kier molecular flexibility index (Phi) is 7.11. The van der Waals surface area contributed by atoms with E-state index in [9.17, 15) is 18.0 Å². The van der Waals surface area contributed by atoms with Crippen LogP contribution in [0.4, 0.5) is 0 Å². The van der Waals surface area contributed by atoms with Crippen molar-refractivity contribution in [3.05, 3.63) is 71.7 Å². The van der Waals surface area contributed by atoms with E-state index in [-0.39, 0.29) is 18.5 Å². The zero-order chi connectivity index (χ0) is 21.7. The Balaban J connectivity index is 2.09. The molecule has 0 aliphatic carbocycles. The standard InChI is InChI=1S/C21H19BrN2O6/c1-2-17(25)20(26)21(30-22(27)28)24-16-11-7-6-10-15(16)18(12-19(24)23)29-13-14-8-4-3-5-9-14/h3-12,21,23H,2,13H2,1H3. The second-order valence-corrected chi connectivity index (χ2v) is 7.49. The zero-order valence-electron chi connectivity index (χ0n) is 16.0. The topological polar surface area (TPSA) is 128 Å². The van der Waals surface area contributed by atoms with Crippen LogP contribution in [0.15, 0.2) is 60.7 Å². The van der Waals surface area contributed by atoms with Crippen molar-refractivity contribution in [2.24, 2.45) is 0 Å². The minimum Gasteiger partial charge on any atom is -0.488 e. The van der Waals surface area contributed by atoms with Crippen LogP contribution < -0.4 is 18.6 Å². The summed E-state index contributed by atoms with van der Waals surface area (Å²) in [5, 5.41) is 8.93. The van der Waals surface area contributed by atoms with Crippen molar-refractivity contribution in [1.29, 1.82) is 5.41 Å². The number of pyridine rings is 1. The maximum absolute atomic E-state index is 12.5. The number of carbonyl (C=O) groups is 2. The van der Waals surface area contributed by atoms with Gasteiger partial charge in [-0.15, -0.1) is 0 Å². The van der Waals surface area contributed by atoms with Gasteiger partial charge in [0.25, 0.3) is 5.78 Å². The third kappa shape index (κ3) is 4.82. The lowest BCUT2D eigenvalue weighted by Crippen LogP contribution is -2.43. The number of benzene rings is 2. The van der Waals surface area contributed by atoms with Gasteiger partial charge < -0.3 is 13.1 Å². The fraction of sp³-hybridized carbons (Fsp3) is 0.190. The van der Waals surface area contributed by atoms with Gasteiger partial charge in [0, 0.05) is 21.7 Å². The number of rotatable bonds is 9. The van der Waals surface area contributed by atoms with E-state index in [1.807, 2.05) is 30.3 Å². The van der Waals surface area contributed by atoms with Crippen molar-refractivity contribution in [2.75, 3.05) is 0 Å². The fourth-order valence-corrected chi connectivity index (χ4v) is 3.61. The normalized spacial score (nSPS) is 12.1. The van der Waals surface area contributed by atoms with E-state index in [4.69, 9.17) is 14.0 Å². The van der Waals surface area contributed by atoms with Crippen LogP contribution in [-0.4, -0.2) is 16.1 Å². The molecule has 3 aromatic rings. The Labute approximate surface area is 177 Å². The smallest absolute Gasteiger partial charge is 0.440 e. The average molecular weight is 475 g/mol. The monoisotopic (exact) mass is 474 g/mol. The average Bonchev–Trinajstić information content (AvgIpc) is 2.75. The number of fused-ring (bicyclic) bond motifs is 1. The lowest BCUT2D eigenvalue weighted by molar-refractivity contribution is -1.63. The summed E-state index contributed by atoms with van der Waals surface area (Å²) in [6.45, 7) is 1.75. The van der Waals surface area contributed by atoms with E-state index in [2.05, 4.69) is 0 Å². The Morgan fingerprint density at radius 3 is 2.43 bits per heavy atom. The molecule has 9 heteroatoms. The molecule has 0 fully saturated rings. The number of aromatic nitrogens is 1. The van der Waals surface area contributed by atoms with E-state index in [1.165, 1.54) is 13.0 Å². The highest BCUT2D eigenvalue weighted by molar-refractivity contribution is 6.38. The van der Waals surface area contributed by atoms with Crippen molar-refractivity contribution >= 4 is 22.5 Å². The van der Waals surface area contributed by atoms with Crippen LogP contribution in [0.3, 0.4) is 0 Å². The summed E-state index contributed by atoms with van der Waals surface area (Å²) in [5.74, 6) is -1.43. The lowest BCUT2D eigenvalue weighted by atomic mass is 10.1. The summed E-state index contributed by atoms with van der Waals surface area (Å²) in [7, 11) is 0. The van der Waals surface area contributed by atoms with Gasteiger partial charge in [-0.05, 0) is 17.7 Å². The van der Waals surface area contributed by atoms with E-state index < -0.39 is 32.6 Å². The van der Waals surface area contributed by atoms with Gasteiger partial charge in [-0.25, -0.2) is 0 Å². The molecule has 2 aromatic carbocycles. The van der Waals surface area contributed by atoms with Crippen molar-refractivity contribution in [3.63, 3.8) is 0 Å². The van der Waals surface area contributed by atoms with Gasteiger partial charge in [-0.1, -0.05) is 49.4 Å². The molecular formula is C21H19BrN2O6. The molecule has 156 valence electrons. The molecular weight excluding hydrogens is 456 g/mol. The molecule has 3 rings (SSSR count). The van der Waals surface area contributed by atoms with Crippen molar-refractivity contribution in [3.8, 4) is 5.75 Å². The van der Waals surface area contributed by atoms with Gasteiger partial charge in [-0.2, -0.15) is 0 Å². The number of halogens is 1. The van der Waals surface area contributed by atoms with Gasteiger partial charge in [0.15, 0.2) is 0 Å². The third-order valence-corrected chi connectivity index (χ3v) is 5.06. The van der Waals surface area contributed by atoms with Crippen LogP contribution in [0, 0.1) is 20.2 Å². The molecule has 0 radical (unpaired) electrons. The van der Waals surface area contributed by atoms with Gasteiger partial charge in [0.2, 0.25) is 5.78 Å². The predicted octanol–water partition coefficient (Wildman–Crippen LogP) is 0.849. The molecule has 8 nitrogen and oxygen atoms in total. The Morgan fingerprint density at radius 2 is 1.77 bits per heavy atom. The van der Waals surface area contributed by atoms with E-state index in [0.717, 1.165) is 10.1 Å². The number of ether oxygens (including phenoxy) is 1. The summed E-state index contributed by atoms with van der Waals surface area (Å²) >= 11 is -3.84. The molecule has 0 saturated carbocycles. The Bertz CT molecular complexity index is 1110. The summed E-state index contributed by atoms with van der Waals surface area (Å²) in [6.07, 6.45) is -1.88. The number of carbonyl (C=O) groups excluding carboxylic acids is 2. The van der Waals surface area contributed by atoms with E-state index in [0.29, 0.717) is 16.7 Å². The molecule has 1 unspecified atom stereocenters. The van der Waals surface area contributed by atoms with Crippen LogP contribution in [0.1, 0.15) is 25.1 Å². The first-order valence-corrected chi connectivity index (χ1v) is 11.0. The maximum Gasteiger partial charge on any atom is 0.440 e. The molecule has 1 aromatic heterocycles. The van der Waals surface area contributed by atoms with Crippen LogP contribution in [0.2, 0.25) is 0 Å². The molecule has 30 heavy (non-hydrogen) atoms. The van der Waals surface area contributed by atoms with Crippen LogP contribution in [-0.2, 0) is 20.0 Å². The van der Waals surface area contributed by atoms with E-state index >= 15 is 0 Å². The van der Waals surface area contributed by atoms with Crippen LogP contribution in [0.5, 0.6) is 5.75 Å². The number of hydrogen-bond donors (Lipinski definition) is 1. The largest absolute Gasteiger partial charge is 0.488 e. The summed E-state index contributed by atoms with van der Waals surface area (Å²) < 4.78 is 34.3. The molecule has 0 amide bonds. The van der Waals surface area contributed by atoms with Crippen LogP contribution in [0.25, 0.3) is 10.9 Å². The first kappa shape index (κ1) is 21.8. The molecule has 0 saturated heterocycles. The molecule has 0 bridgehead atoms. The van der Waals surface area contributed by atoms with Gasteiger partial charge >= 0.3 is 21.0 Å². The number of Topliss-reactive ketones (excluding diaryl/α,β-unsaturated/α-hetero) is 2. The minimum atomic E-state index is -3.84. The highest BCUT2D eigenvalue weighted by atomic mass is 80.0. The summed E-state index contributed by atoms with van der Waals surface area (Å²) in [6, 6.07) is 17.6. The minimum absolute atomic E-state index is 0.108. The van der Waals surface area contributed by atoms with Crippen molar-refractivity contribution < 1.29 is 41.4 Å². The maximum atomic E-state index is 12.5. The molecule has 0 spiro atoms. The summed E-state index contributed by atoms with van der Waals surface area (Å²) in [5.41, 5.74) is 1.03. The second-order valence-electron chi connectivity index (χ2n) is 6.33. The van der Waals surface area contributed by atoms with Crippen molar-refractivity contribution in [2.45, 2.75) is 26.2 Å². The van der Waals surface area contributed by atoms with Gasteiger partial charge in [-0.3, -0.25) is 19.6 Å². The first-order valence-electron chi connectivity index (χ1n) is 9.07. The SMILES string of the molecule is CCC(=O)C(=O)C(O[Br+2]([O-])[O-])n1c(=N)cc(OCc2ccccc2)c2ccccc21. The second kappa shape index (κ2) is 9.77. The molecule has 1 atom stereocenters. The number of para-hydroxylation sites is 1. The quantitative estimate of drug-likeness (QED) is 0.457. The van der Waals surface area contributed by atoms with Gasteiger partial charge in [0.1, 0.15) is 17.8 Å². The molecule has 1 N–H and O–H groups in total. The number of nitrogens with one attached hydrogen (secondary N) is 1. The van der Waals surface area contributed by atoms with E-state index in [1.54, 1.807) is 24.3 Å².